The van der Waals surface area contributed by atoms with Crippen molar-refractivity contribution >= 4 is 26.1 Å². The average molecular weight is 339 g/mol. The predicted molar refractivity (Wildman–Crippen MR) is 88.2 cm³/mol. The molecule has 3 heterocycles. The van der Waals surface area contributed by atoms with Gasteiger partial charge in [0.2, 0.25) is 0 Å². The number of aromatic nitrogens is 2. The summed E-state index contributed by atoms with van der Waals surface area (Å²) in [7, 11) is -2.92. The Morgan fingerprint density at radius 1 is 1.32 bits per heavy atom. The van der Waals surface area contributed by atoms with E-state index < -0.39 is 9.84 Å². The van der Waals surface area contributed by atoms with Gasteiger partial charge in [-0.2, -0.15) is 0 Å². The molecule has 0 aromatic carbocycles. The van der Waals surface area contributed by atoms with Crippen molar-refractivity contribution in [1.82, 2.24) is 14.3 Å². The molecule has 120 valence electrons. The highest BCUT2D eigenvalue weighted by atomic mass is 32.2. The molecule has 0 radical (unpaired) electrons. The van der Waals surface area contributed by atoms with Crippen molar-refractivity contribution in [1.29, 1.82) is 0 Å². The van der Waals surface area contributed by atoms with Crippen LogP contribution in [0.15, 0.2) is 11.6 Å². The number of fused-ring (bicyclic) bond motifs is 1. The molecule has 5 nitrogen and oxygen atoms in total. The van der Waals surface area contributed by atoms with Crippen molar-refractivity contribution in [2.75, 3.05) is 18.8 Å². The first kappa shape index (κ1) is 14.7. The molecular formula is C15H21N3O2S2. The fraction of sp³-hybridized carbons (Fsp3) is 0.667. The molecule has 1 atom stereocenters. The maximum atomic E-state index is 12.1. The van der Waals surface area contributed by atoms with Crippen molar-refractivity contribution in [2.24, 2.45) is 0 Å². The van der Waals surface area contributed by atoms with Crippen LogP contribution in [0.5, 0.6) is 0 Å². The number of hydrogen-bond donors (Lipinski definition) is 0. The molecule has 0 unspecified atom stereocenters. The van der Waals surface area contributed by atoms with Crippen molar-refractivity contribution < 1.29 is 8.42 Å². The van der Waals surface area contributed by atoms with Crippen LogP contribution in [-0.2, 0) is 16.4 Å². The molecule has 0 N–H and O–H groups in total. The van der Waals surface area contributed by atoms with Crippen LogP contribution in [-0.4, -0.2) is 46.8 Å². The number of nitrogens with zero attached hydrogens (tertiary/aromatic N) is 3. The summed E-state index contributed by atoms with van der Waals surface area (Å²) in [6.07, 6.45) is 5.30. The first-order valence-electron chi connectivity index (χ1n) is 7.93. The lowest BCUT2D eigenvalue weighted by molar-refractivity contribution is 0.278. The fourth-order valence-electron chi connectivity index (χ4n) is 3.17. The lowest BCUT2D eigenvalue weighted by Gasteiger charge is -2.19. The Kier molecular flexibility index (Phi) is 3.54. The summed E-state index contributed by atoms with van der Waals surface area (Å²) in [6.45, 7) is 4.13. The monoisotopic (exact) mass is 339 g/mol. The number of sulfone groups is 1. The van der Waals surface area contributed by atoms with Crippen LogP contribution in [0.1, 0.15) is 43.5 Å². The second kappa shape index (κ2) is 5.32. The number of imidazole rings is 1. The van der Waals surface area contributed by atoms with Crippen LogP contribution < -0.4 is 0 Å². The number of thiazole rings is 1. The van der Waals surface area contributed by atoms with Crippen LogP contribution >= 0.6 is 11.3 Å². The van der Waals surface area contributed by atoms with Gasteiger partial charge in [0.1, 0.15) is 0 Å². The molecule has 2 aliphatic rings. The van der Waals surface area contributed by atoms with Crippen molar-refractivity contribution in [3.05, 3.63) is 23.0 Å². The summed E-state index contributed by atoms with van der Waals surface area (Å²) in [5.74, 6) is 0.898. The third-order valence-electron chi connectivity index (χ3n) is 4.89. The average Bonchev–Trinajstić information content (AvgIpc) is 3.15. The minimum absolute atomic E-state index is 0.216. The molecule has 2 fully saturated rings. The Morgan fingerprint density at radius 2 is 2.14 bits per heavy atom. The van der Waals surface area contributed by atoms with Gasteiger partial charge in [-0.3, -0.25) is 9.30 Å². The SMILES string of the molecule is C[C@@H]1CCN(Cc2c(C3CC3)nc3sccn23)CCS1(=O)=O. The van der Waals surface area contributed by atoms with E-state index in [0.717, 1.165) is 24.5 Å². The van der Waals surface area contributed by atoms with E-state index >= 15 is 0 Å². The predicted octanol–water partition coefficient (Wildman–Crippen LogP) is 2.28. The van der Waals surface area contributed by atoms with E-state index in [9.17, 15) is 8.42 Å². The smallest absolute Gasteiger partial charge is 0.194 e. The summed E-state index contributed by atoms with van der Waals surface area (Å²) in [6, 6.07) is 0. The van der Waals surface area contributed by atoms with Gasteiger partial charge in [-0.1, -0.05) is 0 Å². The Morgan fingerprint density at radius 3 is 2.91 bits per heavy atom. The third-order valence-corrected chi connectivity index (χ3v) is 7.86. The van der Waals surface area contributed by atoms with Gasteiger partial charge >= 0.3 is 0 Å². The lowest BCUT2D eigenvalue weighted by Crippen LogP contribution is -2.27. The van der Waals surface area contributed by atoms with Crippen LogP contribution in [0.25, 0.3) is 4.96 Å². The highest BCUT2D eigenvalue weighted by molar-refractivity contribution is 7.92. The molecule has 0 bridgehead atoms. The van der Waals surface area contributed by atoms with Crippen LogP contribution in [0, 0.1) is 0 Å². The Bertz CT molecular complexity index is 789. The quantitative estimate of drug-likeness (QED) is 0.861. The molecule has 7 heteroatoms. The maximum absolute atomic E-state index is 12.1. The second-order valence-electron chi connectivity index (χ2n) is 6.52. The summed E-state index contributed by atoms with van der Waals surface area (Å²) >= 11 is 1.67. The zero-order valence-electron chi connectivity index (χ0n) is 12.7. The highest BCUT2D eigenvalue weighted by Gasteiger charge is 2.32. The molecule has 0 spiro atoms. The zero-order valence-corrected chi connectivity index (χ0v) is 14.4. The van der Waals surface area contributed by atoms with Gasteiger partial charge in [-0.15, -0.1) is 11.3 Å². The first-order valence-corrected chi connectivity index (χ1v) is 10.5. The minimum atomic E-state index is -2.92. The van der Waals surface area contributed by atoms with Crippen LogP contribution in [0.2, 0.25) is 0 Å². The van der Waals surface area contributed by atoms with E-state index in [1.807, 2.05) is 6.92 Å². The summed E-state index contributed by atoms with van der Waals surface area (Å²) in [5.41, 5.74) is 2.51. The van der Waals surface area contributed by atoms with E-state index in [-0.39, 0.29) is 11.0 Å². The number of rotatable bonds is 3. The first-order chi connectivity index (χ1) is 10.5. The van der Waals surface area contributed by atoms with E-state index in [2.05, 4.69) is 20.9 Å². The Labute approximate surface area is 134 Å². The van der Waals surface area contributed by atoms with Gasteiger partial charge in [-0.25, -0.2) is 13.4 Å². The Hall–Kier alpha value is -0.920. The van der Waals surface area contributed by atoms with E-state index in [4.69, 9.17) is 4.98 Å². The second-order valence-corrected chi connectivity index (χ2v) is 9.93. The van der Waals surface area contributed by atoms with Crippen molar-refractivity contribution in [2.45, 2.75) is 43.9 Å². The molecule has 1 saturated heterocycles. The normalized spacial score (nSPS) is 26.3. The molecular weight excluding hydrogens is 318 g/mol. The van der Waals surface area contributed by atoms with Gasteiger partial charge in [-0.05, 0) is 32.7 Å². The standard InChI is InChI=1S/C15H21N3O2S2/c1-11-4-5-17(7-9-22(11,19)20)10-13-14(12-2-3-12)16-15-18(13)6-8-21-15/h6,8,11-12H,2-5,7,9-10H2,1H3/t11-/m1/s1. The van der Waals surface area contributed by atoms with Gasteiger partial charge < -0.3 is 0 Å². The van der Waals surface area contributed by atoms with Crippen molar-refractivity contribution in [3.8, 4) is 0 Å². The summed E-state index contributed by atoms with van der Waals surface area (Å²) in [4.78, 5) is 8.15. The molecule has 2 aromatic heterocycles. The van der Waals surface area contributed by atoms with E-state index in [0.29, 0.717) is 12.5 Å². The molecule has 1 saturated carbocycles. The van der Waals surface area contributed by atoms with Crippen LogP contribution in [0.3, 0.4) is 0 Å². The summed E-state index contributed by atoms with van der Waals surface area (Å²) < 4.78 is 26.3. The van der Waals surface area contributed by atoms with Gasteiger partial charge in [0.25, 0.3) is 0 Å². The van der Waals surface area contributed by atoms with Gasteiger partial charge in [0.05, 0.1) is 22.4 Å². The van der Waals surface area contributed by atoms with Crippen molar-refractivity contribution in [3.63, 3.8) is 0 Å². The minimum Gasteiger partial charge on any atom is -0.296 e. The summed E-state index contributed by atoms with van der Waals surface area (Å²) in [5, 5.41) is 1.85. The van der Waals surface area contributed by atoms with Crippen LogP contribution in [0.4, 0.5) is 0 Å². The topological polar surface area (TPSA) is 54.7 Å². The van der Waals surface area contributed by atoms with E-state index in [1.54, 1.807) is 11.3 Å². The molecule has 1 aliphatic heterocycles. The van der Waals surface area contributed by atoms with Gasteiger partial charge in [0.15, 0.2) is 14.8 Å². The highest BCUT2D eigenvalue weighted by Crippen LogP contribution is 2.42. The molecule has 1 aliphatic carbocycles. The number of hydrogen-bond acceptors (Lipinski definition) is 5. The molecule has 2 aromatic rings. The molecule has 4 rings (SSSR count). The third kappa shape index (κ3) is 2.59. The molecule has 22 heavy (non-hydrogen) atoms. The Balaban J connectivity index is 1.60. The fourth-order valence-corrected chi connectivity index (χ4v) is 5.29. The molecule has 0 amide bonds. The lowest BCUT2D eigenvalue weighted by atomic mass is 10.2. The largest absolute Gasteiger partial charge is 0.296 e. The van der Waals surface area contributed by atoms with Gasteiger partial charge in [0, 0.05) is 30.6 Å². The zero-order chi connectivity index (χ0) is 15.3. The van der Waals surface area contributed by atoms with E-state index in [1.165, 1.54) is 24.2 Å². The maximum Gasteiger partial charge on any atom is 0.194 e.